The van der Waals surface area contributed by atoms with Crippen LogP contribution in [0, 0.1) is 0 Å². The second-order valence-electron chi connectivity index (χ2n) is 5.48. The van der Waals surface area contributed by atoms with Gasteiger partial charge in [-0.1, -0.05) is 35.5 Å². The van der Waals surface area contributed by atoms with Crippen LogP contribution >= 0.6 is 0 Å². The summed E-state index contributed by atoms with van der Waals surface area (Å²) in [5.41, 5.74) is 1.48. The lowest BCUT2D eigenvalue weighted by Crippen LogP contribution is -2.10. The summed E-state index contributed by atoms with van der Waals surface area (Å²) in [4.78, 5) is 11.8. The van der Waals surface area contributed by atoms with Crippen molar-refractivity contribution < 1.29 is 23.5 Å². The van der Waals surface area contributed by atoms with E-state index in [9.17, 15) is 4.79 Å². The number of carbonyl (C=O) groups is 1. The van der Waals surface area contributed by atoms with Crippen molar-refractivity contribution in [1.29, 1.82) is 0 Å². The van der Waals surface area contributed by atoms with E-state index in [1.807, 2.05) is 30.3 Å². The minimum Gasteiger partial charge on any atom is -0.497 e. The fourth-order valence-corrected chi connectivity index (χ4v) is 2.27. The zero-order chi connectivity index (χ0) is 18.2. The van der Waals surface area contributed by atoms with Gasteiger partial charge >= 0.3 is 5.97 Å². The van der Waals surface area contributed by atoms with Crippen LogP contribution in [0.15, 0.2) is 65.2 Å². The van der Waals surface area contributed by atoms with Crippen LogP contribution < -0.4 is 9.47 Å². The van der Waals surface area contributed by atoms with E-state index < -0.39 is 0 Å². The summed E-state index contributed by atoms with van der Waals surface area (Å²) < 4.78 is 21.0. The fourth-order valence-electron chi connectivity index (χ4n) is 2.27. The average Bonchev–Trinajstić information content (AvgIpc) is 3.17. The number of hydrogen-bond donors (Lipinski definition) is 0. The maximum absolute atomic E-state index is 11.8. The van der Waals surface area contributed by atoms with Gasteiger partial charge in [0.05, 0.1) is 20.1 Å². The third-order valence-electron chi connectivity index (χ3n) is 3.63. The first kappa shape index (κ1) is 17.5. The van der Waals surface area contributed by atoms with E-state index >= 15 is 0 Å². The number of ether oxygens (including phenoxy) is 3. The second kappa shape index (κ2) is 8.71. The van der Waals surface area contributed by atoms with Gasteiger partial charge in [-0.15, -0.1) is 0 Å². The van der Waals surface area contributed by atoms with Gasteiger partial charge in [0.25, 0.3) is 0 Å². The van der Waals surface area contributed by atoms with E-state index in [1.54, 1.807) is 37.4 Å². The summed E-state index contributed by atoms with van der Waals surface area (Å²) in [6.45, 7) is 0.303. The van der Waals surface area contributed by atoms with Crippen LogP contribution in [-0.4, -0.2) is 24.8 Å². The number of hydrogen-bond acceptors (Lipinski definition) is 6. The normalized spacial score (nSPS) is 10.3. The van der Waals surface area contributed by atoms with Gasteiger partial charge in [0.15, 0.2) is 5.76 Å². The summed E-state index contributed by atoms with van der Waals surface area (Å²) in [7, 11) is 1.60. The lowest BCUT2D eigenvalue weighted by molar-refractivity contribution is -0.145. The topological polar surface area (TPSA) is 70.8 Å². The number of benzene rings is 2. The van der Waals surface area contributed by atoms with Crippen LogP contribution in [0.5, 0.6) is 11.5 Å². The van der Waals surface area contributed by atoms with Crippen LogP contribution in [0.25, 0.3) is 11.3 Å². The molecular formula is C20H19NO5. The largest absolute Gasteiger partial charge is 0.497 e. The van der Waals surface area contributed by atoms with Crippen molar-refractivity contribution in [3.63, 3.8) is 0 Å². The van der Waals surface area contributed by atoms with Gasteiger partial charge in [0.1, 0.15) is 23.8 Å². The SMILES string of the molecule is COc1ccc(OCCC(=O)OCc2cc(-c3ccccc3)on2)cc1. The van der Waals surface area contributed by atoms with Gasteiger partial charge in [-0.3, -0.25) is 4.79 Å². The predicted octanol–water partition coefficient (Wildman–Crippen LogP) is 3.86. The highest BCUT2D eigenvalue weighted by Crippen LogP contribution is 2.20. The predicted molar refractivity (Wildman–Crippen MR) is 94.8 cm³/mol. The summed E-state index contributed by atoms with van der Waals surface area (Å²) in [6.07, 6.45) is 0.148. The first-order valence-corrected chi connectivity index (χ1v) is 8.18. The standard InChI is InChI=1S/C20H19NO5/c1-23-17-7-9-18(10-8-17)24-12-11-20(22)25-14-16-13-19(26-21-16)15-5-3-2-4-6-15/h2-10,13H,11-12,14H2,1H3. The van der Waals surface area contributed by atoms with Crippen LogP contribution in [-0.2, 0) is 16.1 Å². The molecule has 134 valence electrons. The monoisotopic (exact) mass is 353 g/mol. The summed E-state index contributed by atoms with van der Waals surface area (Å²) >= 11 is 0. The Balaban J connectivity index is 1.40. The molecule has 0 aliphatic carbocycles. The van der Waals surface area contributed by atoms with E-state index in [2.05, 4.69) is 5.16 Å². The Morgan fingerprint density at radius 1 is 1.04 bits per heavy atom. The number of rotatable bonds is 8. The molecule has 0 atom stereocenters. The van der Waals surface area contributed by atoms with Crippen LogP contribution in [0.3, 0.4) is 0 Å². The number of methoxy groups -OCH3 is 1. The van der Waals surface area contributed by atoms with Crippen LogP contribution in [0.4, 0.5) is 0 Å². The summed E-state index contributed by atoms with van der Waals surface area (Å²) in [5, 5.41) is 3.91. The average molecular weight is 353 g/mol. The molecule has 0 unspecified atom stereocenters. The molecule has 0 saturated carbocycles. The smallest absolute Gasteiger partial charge is 0.309 e. The van der Waals surface area contributed by atoms with Crippen molar-refractivity contribution in [3.8, 4) is 22.8 Å². The lowest BCUT2D eigenvalue weighted by atomic mass is 10.2. The van der Waals surface area contributed by atoms with Crippen LogP contribution in [0.2, 0.25) is 0 Å². The van der Waals surface area contributed by atoms with Gasteiger partial charge in [-0.25, -0.2) is 0 Å². The highest BCUT2D eigenvalue weighted by Gasteiger charge is 2.09. The minimum absolute atomic E-state index is 0.0672. The molecule has 1 heterocycles. The van der Waals surface area contributed by atoms with Gasteiger partial charge < -0.3 is 18.7 Å². The summed E-state index contributed by atoms with van der Waals surface area (Å²) in [5.74, 6) is 1.70. The molecule has 6 heteroatoms. The Hall–Kier alpha value is -3.28. The van der Waals surface area contributed by atoms with Crippen LogP contribution in [0.1, 0.15) is 12.1 Å². The zero-order valence-corrected chi connectivity index (χ0v) is 14.4. The Kier molecular flexibility index (Phi) is 5.88. The van der Waals surface area contributed by atoms with Crippen molar-refractivity contribution in [2.75, 3.05) is 13.7 Å². The Bertz CT molecular complexity index is 827. The minimum atomic E-state index is -0.359. The molecular weight excluding hydrogens is 334 g/mol. The molecule has 0 bridgehead atoms. The number of carbonyl (C=O) groups excluding carboxylic acids is 1. The molecule has 0 aliphatic heterocycles. The van der Waals surface area contributed by atoms with Crippen molar-refractivity contribution in [3.05, 3.63) is 66.4 Å². The molecule has 0 spiro atoms. The Labute approximate surface area is 151 Å². The molecule has 2 aromatic carbocycles. The van der Waals surface area contributed by atoms with E-state index in [0.29, 0.717) is 17.2 Å². The Morgan fingerprint density at radius 3 is 2.50 bits per heavy atom. The van der Waals surface area contributed by atoms with Crippen molar-refractivity contribution >= 4 is 5.97 Å². The zero-order valence-electron chi connectivity index (χ0n) is 14.4. The van der Waals surface area contributed by atoms with Gasteiger partial charge in [0.2, 0.25) is 0 Å². The van der Waals surface area contributed by atoms with Gasteiger partial charge in [0, 0.05) is 11.6 Å². The van der Waals surface area contributed by atoms with Crippen molar-refractivity contribution in [1.82, 2.24) is 5.16 Å². The van der Waals surface area contributed by atoms with Gasteiger partial charge in [-0.2, -0.15) is 0 Å². The molecule has 3 rings (SSSR count). The first-order valence-electron chi connectivity index (χ1n) is 8.18. The number of esters is 1. The van der Waals surface area contributed by atoms with Crippen molar-refractivity contribution in [2.24, 2.45) is 0 Å². The third kappa shape index (κ3) is 4.86. The molecule has 0 saturated heterocycles. The molecule has 26 heavy (non-hydrogen) atoms. The van der Waals surface area contributed by atoms with E-state index in [0.717, 1.165) is 11.3 Å². The molecule has 1 aromatic heterocycles. The molecule has 0 aliphatic rings. The number of aromatic nitrogens is 1. The lowest BCUT2D eigenvalue weighted by Gasteiger charge is -2.07. The Morgan fingerprint density at radius 2 is 1.77 bits per heavy atom. The molecule has 0 fully saturated rings. The second-order valence-corrected chi connectivity index (χ2v) is 5.48. The highest BCUT2D eigenvalue weighted by molar-refractivity contribution is 5.69. The maximum atomic E-state index is 11.8. The first-order chi connectivity index (χ1) is 12.7. The molecule has 6 nitrogen and oxygen atoms in total. The molecule has 0 N–H and O–H groups in total. The van der Waals surface area contributed by atoms with E-state index in [-0.39, 0.29) is 25.6 Å². The maximum Gasteiger partial charge on any atom is 0.309 e. The third-order valence-corrected chi connectivity index (χ3v) is 3.63. The molecule has 0 radical (unpaired) electrons. The highest BCUT2D eigenvalue weighted by atomic mass is 16.5. The van der Waals surface area contributed by atoms with Gasteiger partial charge in [-0.05, 0) is 24.3 Å². The molecule has 3 aromatic rings. The summed E-state index contributed by atoms with van der Waals surface area (Å²) in [6, 6.07) is 18.5. The fraction of sp³-hybridized carbons (Fsp3) is 0.200. The van der Waals surface area contributed by atoms with Crippen molar-refractivity contribution in [2.45, 2.75) is 13.0 Å². The van der Waals surface area contributed by atoms with E-state index in [4.69, 9.17) is 18.7 Å². The quantitative estimate of drug-likeness (QED) is 0.573. The van der Waals surface area contributed by atoms with E-state index in [1.165, 1.54) is 0 Å². The number of nitrogens with zero attached hydrogens (tertiary/aromatic N) is 1. The molecule has 0 amide bonds.